The first-order valence-corrected chi connectivity index (χ1v) is 4.53. The highest BCUT2D eigenvalue weighted by atomic mass is 19.1. The van der Waals surface area contributed by atoms with Crippen molar-refractivity contribution in [2.75, 3.05) is 0 Å². The minimum absolute atomic E-state index is 0.154. The average molecular weight is 221 g/mol. The molecular formula is C10H8FN3O2. The van der Waals surface area contributed by atoms with Crippen molar-refractivity contribution in [3.05, 3.63) is 52.3 Å². The molecule has 0 bridgehead atoms. The Labute approximate surface area is 90.3 Å². The van der Waals surface area contributed by atoms with Crippen LogP contribution in [0.2, 0.25) is 0 Å². The van der Waals surface area contributed by atoms with Gasteiger partial charge in [-0.25, -0.2) is 9.37 Å². The van der Waals surface area contributed by atoms with Gasteiger partial charge in [0, 0.05) is 18.3 Å². The van der Waals surface area contributed by atoms with Crippen molar-refractivity contribution in [1.82, 2.24) is 9.55 Å². The summed E-state index contributed by atoms with van der Waals surface area (Å²) in [5, 5.41) is 10.8. The molecule has 1 heterocycles. The van der Waals surface area contributed by atoms with E-state index in [1.165, 1.54) is 10.9 Å². The third kappa shape index (κ3) is 1.77. The van der Waals surface area contributed by atoms with Crippen molar-refractivity contribution in [1.29, 1.82) is 0 Å². The lowest BCUT2D eigenvalue weighted by molar-refractivity contribution is -0.384. The van der Waals surface area contributed by atoms with Crippen LogP contribution >= 0.6 is 0 Å². The van der Waals surface area contributed by atoms with Gasteiger partial charge in [-0.2, -0.15) is 0 Å². The summed E-state index contributed by atoms with van der Waals surface area (Å²) in [4.78, 5) is 14.2. The molecule has 0 saturated carbocycles. The predicted octanol–water partition coefficient (Wildman–Crippen LogP) is 2.23. The highest BCUT2D eigenvalue weighted by molar-refractivity contribution is 5.52. The maximum Gasteiger partial charge on any atom is 0.293 e. The van der Waals surface area contributed by atoms with Gasteiger partial charge in [-0.1, -0.05) is 0 Å². The van der Waals surface area contributed by atoms with Crippen LogP contribution < -0.4 is 0 Å². The van der Waals surface area contributed by atoms with Gasteiger partial charge < -0.3 is 0 Å². The van der Waals surface area contributed by atoms with Crippen LogP contribution in [-0.2, 0) is 0 Å². The van der Waals surface area contributed by atoms with Gasteiger partial charge in [0.05, 0.1) is 16.9 Å². The van der Waals surface area contributed by atoms with Crippen LogP contribution in [0.4, 0.5) is 10.1 Å². The number of benzene rings is 1. The van der Waals surface area contributed by atoms with Gasteiger partial charge in [-0.05, 0) is 13.0 Å². The highest BCUT2D eigenvalue weighted by Crippen LogP contribution is 2.23. The van der Waals surface area contributed by atoms with Crippen LogP contribution in [0.5, 0.6) is 0 Å². The van der Waals surface area contributed by atoms with E-state index in [2.05, 4.69) is 4.98 Å². The van der Waals surface area contributed by atoms with Gasteiger partial charge in [-0.3, -0.25) is 14.7 Å². The van der Waals surface area contributed by atoms with E-state index in [0.717, 1.165) is 18.2 Å². The van der Waals surface area contributed by atoms with E-state index in [9.17, 15) is 14.5 Å². The lowest BCUT2D eigenvalue weighted by atomic mass is 10.2. The van der Waals surface area contributed by atoms with E-state index in [1.54, 1.807) is 13.1 Å². The monoisotopic (exact) mass is 221 g/mol. The SMILES string of the molecule is Cc1cn(-c2cc(F)ccc2[N+](=O)[O-])cn1. The molecule has 0 aliphatic rings. The molecule has 1 aromatic heterocycles. The smallest absolute Gasteiger partial charge is 0.293 e. The van der Waals surface area contributed by atoms with Crippen LogP contribution in [0.25, 0.3) is 5.69 Å². The zero-order chi connectivity index (χ0) is 11.7. The zero-order valence-corrected chi connectivity index (χ0v) is 8.42. The van der Waals surface area contributed by atoms with Gasteiger partial charge in [0.15, 0.2) is 0 Å². The van der Waals surface area contributed by atoms with E-state index in [1.807, 2.05) is 0 Å². The molecule has 2 aromatic rings. The van der Waals surface area contributed by atoms with E-state index in [4.69, 9.17) is 0 Å². The standard InChI is InChI=1S/C10H8FN3O2/c1-7-5-13(6-12-7)10-4-8(11)2-3-9(10)14(15)16/h2-6H,1H3. The Morgan fingerprint density at radius 3 is 2.81 bits per heavy atom. The first kappa shape index (κ1) is 10.3. The summed E-state index contributed by atoms with van der Waals surface area (Å²) in [5.74, 6) is -0.521. The average Bonchev–Trinajstić information content (AvgIpc) is 2.64. The molecule has 0 N–H and O–H groups in total. The van der Waals surface area contributed by atoms with Gasteiger partial charge in [0.1, 0.15) is 11.5 Å². The molecule has 2 rings (SSSR count). The van der Waals surface area contributed by atoms with Crippen molar-refractivity contribution >= 4 is 5.69 Å². The Morgan fingerprint density at radius 2 is 2.25 bits per heavy atom. The maximum absolute atomic E-state index is 13.0. The summed E-state index contributed by atoms with van der Waals surface area (Å²) in [7, 11) is 0. The second kappa shape index (κ2) is 3.73. The summed E-state index contributed by atoms with van der Waals surface area (Å²) >= 11 is 0. The molecule has 0 unspecified atom stereocenters. The number of nitrogens with zero attached hydrogens (tertiary/aromatic N) is 3. The van der Waals surface area contributed by atoms with Crippen molar-refractivity contribution in [2.24, 2.45) is 0 Å². The number of halogens is 1. The van der Waals surface area contributed by atoms with Gasteiger partial charge in [-0.15, -0.1) is 0 Å². The van der Waals surface area contributed by atoms with Crippen molar-refractivity contribution in [3.8, 4) is 5.69 Å². The van der Waals surface area contributed by atoms with E-state index in [-0.39, 0.29) is 11.4 Å². The van der Waals surface area contributed by atoms with Crippen molar-refractivity contribution in [2.45, 2.75) is 6.92 Å². The number of nitro groups is 1. The number of hydrogen-bond acceptors (Lipinski definition) is 3. The summed E-state index contributed by atoms with van der Waals surface area (Å²) in [6, 6.07) is 3.31. The van der Waals surface area contributed by atoms with E-state index >= 15 is 0 Å². The highest BCUT2D eigenvalue weighted by Gasteiger charge is 2.15. The van der Waals surface area contributed by atoms with Crippen LogP contribution in [0, 0.1) is 22.9 Å². The van der Waals surface area contributed by atoms with Crippen LogP contribution in [0.3, 0.4) is 0 Å². The van der Waals surface area contributed by atoms with Crippen molar-refractivity contribution < 1.29 is 9.31 Å². The topological polar surface area (TPSA) is 61.0 Å². The van der Waals surface area contributed by atoms with E-state index < -0.39 is 10.7 Å². The van der Waals surface area contributed by atoms with Gasteiger partial charge in [0.2, 0.25) is 0 Å². The lowest BCUT2D eigenvalue weighted by Gasteiger charge is -2.03. The molecule has 0 atom stereocenters. The van der Waals surface area contributed by atoms with Crippen LogP contribution in [0.15, 0.2) is 30.7 Å². The summed E-state index contributed by atoms with van der Waals surface area (Å²) in [6.45, 7) is 1.75. The quantitative estimate of drug-likeness (QED) is 0.577. The second-order valence-electron chi connectivity index (χ2n) is 3.31. The molecular weight excluding hydrogens is 213 g/mol. The lowest BCUT2D eigenvalue weighted by Crippen LogP contribution is -1.98. The molecule has 0 aliphatic heterocycles. The fourth-order valence-electron chi connectivity index (χ4n) is 1.41. The number of nitro benzene ring substituents is 1. The number of rotatable bonds is 2. The summed E-state index contributed by atoms with van der Waals surface area (Å²) in [6.07, 6.45) is 3.01. The fourth-order valence-corrected chi connectivity index (χ4v) is 1.41. The molecule has 0 spiro atoms. The summed E-state index contributed by atoms with van der Waals surface area (Å²) in [5.41, 5.74) is 0.725. The minimum atomic E-state index is -0.551. The van der Waals surface area contributed by atoms with Crippen LogP contribution in [-0.4, -0.2) is 14.5 Å². The van der Waals surface area contributed by atoms with Crippen molar-refractivity contribution in [3.63, 3.8) is 0 Å². The van der Waals surface area contributed by atoms with Gasteiger partial charge >= 0.3 is 0 Å². The summed E-state index contributed by atoms with van der Waals surface area (Å²) < 4.78 is 14.5. The molecule has 6 heteroatoms. The first-order valence-electron chi connectivity index (χ1n) is 4.53. The Balaban J connectivity index is 2.62. The molecule has 0 amide bonds. The first-order chi connectivity index (χ1) is 7.58. The van der Waals surface area contributed by atoms with E-state index in [0.29, 0.717) is 5.69 Å². The number of aromatic nitrogens is 2. The predicted molar refractivity (Wildman–Crippen MR) is 54.9 cm³/mol. The Bertz CT molecular complexity index is 551. The molecule has 82 valence electrons. The number of imidazole rings is 1. The third-order valence-electron chi connectivity index (χ3n) is 2.12. The fraction of sp³-hybridized carbons (Fsp3) is 0.100. The molecule has 0 fully saturated rings. The molecule has 5 nitrogen and oxygen atoms in total. The maximum atomic E-state index is 13.0. The van der Waals surface area contributed by atoms with Crippen LogP contribution in [0.1, 0.15) is 5.69 Å². The zero-order valence-electron chi connectivity index (χ0n) is 8.42. The molecule has 16 heavy (non-hydrogen) atoms. The molecule has 0 aliphatic carbocycles. The van der Waals surface area contributed by atoms with Gasteiger partial charge in [0.25, 0.3) is 5.69 Å². The minimum Gasteiger partial charge on any atom is -0.300 e. The second-order valence-corrected chi connectivity index (χ2v) is 3.31. The number of aryl methyl sites for hydroxylation is 1. The largest absolute Gasteiger partial charge is 0.300 e. The molecule has 1 aromatic carbocycles. The Kier molecular flexibility index (Phi) is 2.40. The molecule has 0 radical (unpaired) electrons. The Hall–Kier alpha value is -2.24. The third-order valence-corrected chi connectivity index (χ3v) is 2.12. The Morgan fingerprint density at radius 1 is 1.50 bits per heavy atom. The normalized spacial score (nSPS) is 10.4. The number of hydrogen-bond donors (Lipinski definition) is 0. The molecule has 0 saturated heterocycles.